The fourth-order valence-electron chi connectivity index (χ4n) is 1.93. The van der Waals surface area contributed by atoms with Gasteiger partial charge in [0.25, 0.3) is 0 Å². The smallest absolute Gasteiger partial charge is 0.184 e. The van der Waals surface area contributed by atoms with Gasteiger partial charge in [0.1, 0.15) is 5.82 Å². The van der Waals surface area contributed by atoms with Crippen LogP contribution in [-0.4, -0.2) is 23.2 Å². The zero-order chi connectivity index (χ0) is 11.5. The number of rotatable bonds is 3. The number of aromatic amines is 1. The van der Waals surface area contributed by atoms with E-state index in [0.29, 0.717) is 13.2 Å². The van der Waals surface area contributed by atoms with Crippen molar-refractivity contribution in [2.75, 3.05) is 13.2 Å². The van der Waals surface area contributed by atoms with Crippen molar-refractivity contribution in [3.63, 3.8) is 0 Å². The number of aromatic nitrogens is 2. The highest BCUT2D eigenvalue weighted by atomic mass is 16.7. The normalized spacial score (nSPS) is 16.5. The molecule has 1 aromatic carbocycles. The molecule has 1 aromatic heterocycles. The Kier molecular flexibility index (Phi) is 2.90. The van der Waals surface area contributed by atoms with Gasteiger partial charge in [0, 0.05) is 24.4 Å². The predicted molar refractivity (Wildman–Crippen MR) is 62.5 cm³/mol. The lowest BCUT2D eigenvalue weighted by Gasteiger charge is -2.09. The second kappa shape index (κ2) is 4.69. The minimum atomic E-state index is -0.187. The largest absolute Gasteiger partial charge is 0.348 e. The van der Waals surface area contributed by atoms with E-state index in [1.165, 1.54) is 5.56 Å². The molecule has 17 heavy (non-hydrogen) atoms. The SMILES string of the molecule is c1c[nH]c(Cc2ccc(C3OCCO3)cc2)n1. The third-order valence-electron chi connectivity index (χ3n) is 2.80. The molecule has 0 radical (unpaired) electrons. The van der Waals surface area contributed by atoms with E-state index in [4.69, 9.17) is 9.47 Å². The second-order valence-electron chi connectivity index (χ2n) is 4.03. The Morgan fingerprint density at radius 1 is 1.18 bits per heavy atom. The average Bonchev–Trinajstić information content (AvgIpc) is 3.01. The van der Waals surface area contributed by atoms with Crippen molar-refractivity contribution < 1.29 is 9.47 Å². The Balaban J connectivity index is 1.71. The van der Waals surface area contributed by atoms with E-state index in [1.807, 2.05) is 18.3 Å². The molecule has 88 valence electrons. The quantitative estimate of drug-likeness (QED) is 0.877. The molecular formula is C13H14N2O2. The molecule has 4 nitrogen and oxygen atoms in total. The number of benzene rings is 1. The molecule has 0 spiro atoms. The first kappa shape index (κ1) is 10.5. The third-order valence-corrected chi connectivity index (χ3v) is 2.80. The predicted octanol–water partition coefficient (Wildman–Crippen LogP) is 2.05. The van der Waals surface area contributed by atoms with E-state index in [2.05, 4.69) is 22.1 Å². The van der Waals surface area contributed by atoms with Crippen molar-refractivity contribution in [1.82, 2.24) is 9.97 Å². The van der Waals surface area contributed by atoms with E-state index < -0.39 is 0 Å². The molecule has 1 aliphatic rings. The van der Waals surface area contributed by atoms with Crippen LogP contribution in [0, 0.1) is 0 Å². The van der Waals surface area contributed by atoms with Gasteiger partial charge >= 0.3 is 0 Å². The van der Waals surface area contributed by atoms with Crippen LogP contribution in [0.25, 0.3) is 0 Å². The summed E-state index contributed by atoms with van der Waals surface area (Å²) >= 11 is 0. The van der Waals surface area contributed by atoms with E-state index >= 15 is 0 Å². The van der Waals surface area contributed by atoms with Crippen molar-refractivity contribution in [2.45, 2.75) is 12.7 Å². The Bertz CT molecular complexity index is 459. The fourth-order valence-corrected chi connectivity index (χ4v) is 1.93. The number of ether oxygens (including phenoxy) is 2. The average molecular weight is 230 g/mol. The Labute approximate surface area is 99.6 Å². The van der Waals surface area contributed by atoms with Gasteiger partial charge in [-0.15, -0.1) is 0 Å². The zero-order valence-corrected chi connectivity index (χ0v) is 9.43. The molecule has 0 aliphatic carbocycles. The van der Waals surface area contributed by atoms with E-state index in [1.54, 1.807) is 6.20 Å². The van der Waals surface area contributed by atoms with Gasteiger partial charge in [-0.25, -0.2) is 4.98 Å². The molecular weight excluding hydrogens is 216 g/mol. The highest BCUT2D eigenvalue weighted by Gasteiger charge is 2.17. The molecule has 0 amide bonds. The summed E-state index contributed by atoms with van der Waals surface area (Å²) in [5, 5.41) is 0. The van der Waals surface area contributed by atoms with Crippen molar-refractivity contribution in [2.24, 2.45) is 0 Å². The number of H-pyrrole nitrogens is 1. The van der Waals surface area contributed by atoms with Crippen molar-refractivity contribution in [1.29, 1.82) is 0 Å². The lowest BCUT2D eigenvalue weighted by Crippen LogP contribution is -1.98. The molecule has 0 bridgehead atoms. The molecule has 0 atom stereocenters. The second-order valence-corrected chi connectivity index (χ2v) is 4.03. The van der Waals surface area contributed by atoms with Gasteiger partial charge in [0.05, 0.1) is 13.2 Å². The van der Waals surface area contributed by atoms with Crippen LogP contribution in [0.3, 0.4) is 0 Å². The molecule has 1 saturated heterocycles. The minimum Gasteiger partial charge on any atom is -0.348 e. The van der Waals surface area contributed by atoms with Crippen LogP contribution in [0.2, 0.25) is 0 Å². The molecule has 0 unspecified atom stereocenters. The van der Waals surface area contributed by atoms with Crippen molar-refractivity contribution in [3.05, 3.63) is 53.6 Å². The van der Waals surface area contributed by atoms with E-state index in [9.17, 15) is 0 Å². The van der Waals surface area contributed by atoms with Crippen molar-refractivity contribution in [3.8, 4) is 0 Å². The summed E-state index contributed by atoms with van der Waals surface area (Å²) in [5.74, 6) is 0.978. The van der Waals surface area contributed by atoms with Crippen LogP contribution in [-0.2, 0) is 15.9 Å². The topological polar surface area (TPSA) is 47.1 Å². The minimum absolute atomic E-state index is 0.187. The lowest BCUT2D eigenvalue weighted by atomic mass is 10.1. The van der Waals surface area contributed by atoms with Gasteiger partial charge in [0.2, 0.25) is 0 Å². The van der Waals surface area contributed by atoms with Gasteiger partial charge in [-0.3, -0.25) is 0 Å². The molecule has 1 N–H and O–H groups in total. The van der Waals surface area contributed by atoms with Crippen LogP contribution in [0.5, 0.6) is 0 Å². The van der Waals surface area contributed by atoms with Gasteiger partial charge in [0.15, 0.2) is 6.29 Å². The molecule has 3 rings (SSSR count). The summed E-state index contributed by atoms with van der Waals surface area (Å²) in [7, 11) is 0. The van der Waals surface area contributed by atoms with Crippen molar-refractivity contribution >= 4 is 0 Å². The maximum atomic E-state index is 5.44. The van der Waals surface area contributed by atoms with E-state index in [0.717, 1.165) is 17.8 Å². The standard InChI is InChI=1S/C13H14N2O2/c1-3-11(13-16-7-8-17-13)4-2-10(1)9-12-14-5-6-15-12/h1-6,13H,7-9H2,(H,14,15). The van der Waals surface area contributed by atoms with Crippen LogP contribution in [0.15, 0.2) is 36.7 Å². The summed E-state index contributed by atoms with van der Waals surface area (Å²) in [6.07, 6.45) is 4.24. The number of hydrogen-bond acceptors (Lipinski definition) is 3. The summed E-state index contributed by atoms with van der Waals surface area (Å²) in [4.78, 5) is 7.30. The Morgan fingerprint density at radius 2 is 1.94 bits per heavy atom. The van der Waals surface area contributed by atoms with Crippen LogP contribution in [0.1, 0.15) is 23.2 Å². The summed E-state index contributed by atoms with van der Waals surface area (Å²) in [6, 6.07) is 8.27. The van der Waals surface area contributed by atoms with Gasteiger partial charge in [-0.1, -0.05) is 24.3 Å². The number of imidazole rings is 1. The number of nitrogens with one attached hydrogen (secondary N) is 1. The first-order valence-corrected chi connectivity index (χ1v) is 5.72. The maximum absolute atomic E-state index is 5.44. The number of nitrogens with zero attached hydrogens (tertiary/aromatic N) is 1. The van der Waals surface area contributed by atoms with Gasteiger partial charge in [-0.2, -0.15) is 0 Å². The molecule has 2 heterocycles. The van der Waals surface area contributed by atoms with Gasteiger partial charge < -0.3 is 14.5 Å². The summed E-state index contributed by atoms with van der Waals surface area (Å²) < 4.78 is 10.9. The van der Waals surface area contributed by atoms with Gasteiger partial charge in [-0.05, 0) is 5.56 Å². The first-order valence-electron chi connectivity index (χ1n) is 5.72. The summed E-state index contributed by atoms with van der Waals surface area (Å²) in [5.41, 5.74) is 2.30. The first-order chi connectivity index (χ1) is 8.42. The number of hydrogen-bond donors (Lipinski definition) is 1. The van der Waals surface area contributed by atoms with E-state index in [-0.39, 0.29) is 6.29 Å². The third kappa shape index (κ3) is 2.38. The van der Waals surface area contributed by atoms with Crippen LogP contribution in [0.4, 0.5) is 0 Å². The fraction of sp³-hybridized carbons (Fsp3) is 0.308. The molecule has 0 saturated carbocycles. The monoisotopic (exact) mass is 230 g/mol. The molecule has 1 aliphatic heterocycles. The highest BCUT2D eigenvalue weighted by Crippen LogP contribution is 2.23. The molecule has 2 aromatic rings. The van der Waals surface area contributed by atoms with Crippen LogP contribution >= 0.6 is 0 Å². The highest BCUT2D eigenvalue weighted by molar-refractivity contribution is 5.25. The molecule has 1 fully saturated rings. The molecule has 4 heteroatoms. The maximum Gasteiger partial charge on any atom is 0.184 e. The summed E-state index contributed by atoms with van der Waals surface area (Å²) in [6.45, 7) is 1.36. The Morgan fingerprint density at radius 3 is 2.59 bits per heavy atom. The lowest BCUT2D eigenvalue weighted by molar-refractivity contribution is -0.0441. The van der Waals surface area contributed by atoms with Crippen LogP contribution < -0.4 is 0 Å². The zero-order valence-electron chi connectivity index (χ0n) is 9.43. The Hall–Kier alpha value is -1.65.